The fraction of sp³-hybridized carbons (Fsp3) is 0.824. The first-order chi connectivity index (χ1) is 9.86. The first-order valence-electron chi connectivity index (χ1n) is 8.54. The van der Waals surface area contributed by atoms with Crippen molar-refractivity contribution < 1.29 is 4.74 Å². The van der Waals surface area contributed by atoms with Crippen molar-refractivity contribution in [2.24, 2.45) is 0 Å². The largest absolute Gasteiger partial charge is 0.477 e. The molecule has 0 aromatic carbocycles. The van der Waals surface area contributed by atoms with Crippen LogP contribution in [0.15, 0.2) is 6.20 Å². The van der Waals surface area contributed by atoms with Gasteiger partial charge in [-0.1, -0.05) is 64.7 Å². The third-order valence-corrected chi connectivity index (χ3v) is 3.67. The van der Waals surface area contributed by atoms with Gasteiger partial charge in [-0.05, 0) is 13.3 Å². The smallest absolute Gasteiger partial charge is 0.231 e. The topological polar surface area (TPSA) is 37.9 Å². The highest BCUT2D eigenvalue weighted by Gasteiger charge is 2.01. The number of nitrogens with zero attached hydrogens (tertiary/aromatic N) is 1. The summed E-state index contributed by atoms with van der Waals surface area (Å²) in [6.07, 6.45) is 16.7. The average Bonchev–Trinajstić information content (AvgIpc) is 2.89. The lowest BCUT2D eigenvalue weighted by molar-refractivity contribution is 0.328. The van der Waals surface area contributed by atoms with Gasteiger partial charge in [0.15, 0.2) is 0 Å². The Hall–Kier alpha value is -0.990. The highest BCUT2D eigenvalue weighted by molar-refractivity contribution is 5.07. The van der Waals surface area contributed by atoms with Crippen LogP contribution in [0.2, 0.25) is 0 Å². The molecule has 0 spiro atoms. The van der Waals surface area contributed by atoms with Gasteiger partial charge in [0.2, 0.25) is 5.88 Å². The second-order valence-electron chi connectivity index (χ2n) is 5.55. The molecule has 1 aromatic rings. The quantitative estimate of drug-likeness (QED) is 0.500. The van der Waals surface area contributed by atoms with Crippen LogP contribution in [0, 0.1) is 0 Å². The number of aromatic nitrogens is 2. The lowest BCUT2D eigenvalue weighted by Gasteiger charge is -2.01. The molecule has 0 aliphatic rings. The van der Waals surface area contributed by atoms with E-state index < -0.39 is 0 Å². The summed E-state index contributed by atoms with van der Waals surface area (Å²) in [5.41, 5.74) is 0. The van der Waals surface area contributed by atoms with Crippen LogP contribution in [0.1, 0.15) is 83.9 Å². The van der Waals surface area contributed by atoms with Crippen LogP contribution in [0.3, 0.4) is 0 Å². The van der Waals surface area contributed by atoms with Crippen LogP contribution in [0.5, 0.6) is 5.88 Å². The van der Waals surface area contributed by atoms with E-state index in [1.165, 1.54) is 64.2 Å². The van der Waals surface area contributed by atoms with Crippen LogP contribution >= 0.6 is 0 Å². The molecule has 1 rings (SSSR count). The summed E-state index contributed by atoms with van der Waals surface area (Å²) in [6, 6.07) is 0. The van der Waals surface area contributed by atoms with E-state index in [0.29, 0.717) is 6.61 Å². The zero-order chi connectivity index (χ0) is 14.5. The van der Waals surface area contributed by atoms with Gasteiger partial charge >= 0.3 is 0 Å². The number of rotatable bonds is 13. The summed E-state index contributed by atoms with van der Waals surface area (Å²) in [5, 5.41) is 0. The molecule has 0 saturated carbocycles. The van der Waals surface area contributed by atoms with Crippen LogP contribution in [0.25, 0.3) is 0 Å². The number of unbranched alkanes of at least 4 members (excludes halogenated alkanes) is 9. The van der Waals surface area contributed by atoms with E-state index in [1.807, 2.05) is 13.1 Å². The standard InChI is InChI=1S/C17H32N2O/c1-3-5-6-7-8-9-10-11-12-13-14-16-18-15-17(19-16)20-4-2/h15H,3-14H2,1-2H3,(H,18,19). The van der Waals surface area contributed by atoms with Gasteiger partial charge in [-0.15, -0.1) is 0 Å². The van der Waals surface area contributed by atoms with Crippen molar-refractivity contribution in [3.05, 3.63) is 12.0 Å². The molecule has 0 atom stereocenters. The Morgan fingerprint density at radius 3 is 2.10 bits per heavy atom. The number of nitrogens with one attached hydrogen (secondary N) is 1. The number of aromatic amines is 1. The zero-order valence-electron chi connectivity index (χ0n) is 13.4. The predicted molar refractivity (Wildman–Crippen MR) is 85.3 cm³/mol. The molecule has 1 N–H and O–H groups in total. The minimum atomic E-state index is 0.683. The van der Waals surface area contributed by atoms with Gasteiger partial charge in [-0.25, -0.2) is 0 Å². The number of aryl methyl sites for hydroxylation is 1. The average molecular weight is 280 g/mol. The maximum absolute atomic E-state index is 5.34. The summed E-state index contributed by atoms with van der Waals surface area (Å²) >= 11 is 0. The summed E-state index contributed by atoms with van der Waals surface area (Å²) < 4.78 is 5.34. The molecule has 0 unspecified atom stereocenters. The fourth-order valence-electron chi connectivity index (χ4n) is 2.47. The molecule has 0 bridgehead atoms. The molecule has 3 nitrogen and oxygen atoms in total. The van der Waals surface area contributed by atoms with Crippen LogP contribution in [0.4, 0.5) is 0 Å². The third kappa shape index (κ3) is 8.23. The van der Waals surface area contributed by atoms with Gasteiger partial charge in [0, 0.05) is 6.42 Å². The maximum atomic E-state index is 5.34. The van der Waals surface area contributed by atoms with Crippen molar-refractivity contribution in [3.8, 4) is 5.88 Å². The van der Waals surface area contributed by atoms with Gasteiger partial charge < -0.3 is 9.72 Å². The first kappa shape index (κ1) is 17.1. The molecule has 116 valence electrons. The minimum Gasteiger partial charge on any atom is -0.477 e. The highest BCUT2D eigenvalue weighted by Crippen LogP contribution is 2.12. The fourth-order valence-corrected chi connectivity index (χ4v) is 2.47. The molecule has 3 heteroatoms. The van der Waals surface area contributed by atoms with Crippen LogP contribution < -0.4 is 4.74 Å². The van der Waals surface area contributed by atoms with Gasteiger partial charge in [0.1, 0.15) is 5.82 Å². The molecule has 0 radical (unpaired) electrons. The number of H-pyrrole nitrogens is 1. The van der Waals surface area contributed by atoms with Crippen molar-refractivity contribution >= 4 is 0 Å². The van der Waals surface area contributed by atoms with Crippen molar-refractivity contribution in [2.45, 2.75) is 84.5 Å². The Kier molecular flexibility index (Phi) is 10.1. The zero-order valence-corrected chi connectivity index (χ0v) is 13.4. The summed E-state index contributed by atoms with van der Waals surface area (Å²) in [7, 11) is 0. The normalized spacial score (nSPS) is 10.9. The van der Waals surface area contributed by atoms with E-state index >= 15 is 0 Å². The number of hydrogen-bond donors (Lipinski definition) is 1. The van der Waals surface area contributed by atoms with Gasteiger partial charge in [0.05, 0.1) is 12.8 Å². The molecule has 0 aliphatic heterocycles. The maximum Gasteiger partial charge on any atom is 0.231 e. The van der Waals surface area contributed by atoms with Crippen LogP contribution in [-0.4, -0.2) is 16.6 Å². The molecule has 1 heterocycles. The molecule has 20 heavy (non-hydrogen) atoms. The Balaban J connectivity index is 1.89. The highest BCUT2D eigenvalue weighted by atomic mass is 16.5. The molecule has 0 amide bonds. The van der Waals surface area contributed by atoms with E-state index in [2.05, 4.69) is 16.9 Å². The van der Waals surface area contributed by atoms with Crippen molar-refractivity contribution in [1.82, 2.24) is 9.97 Å². The Morgan fingerprint density at radius 1 is 0.900 bits per heavy atom. The monoisotopic (exact) mass is 280 g/mol. The second-order valence-corrected chi connectivity index (χ2v) is 5.55. The third-order valence-electron chi connectivity index (χ3n) is 3.67. The number of imidazole rings is 1. The minimum absolute atomic E-state index is 0.683. The molecule has 0 fully saturated rings. The van der Waals surface area contributed by atoms with Crippen molar-refractivity contribution in [1.29, 1.82) is 0 Å². The molecular weight excluding hydrogens is 248 g/mol. The Bertz CT molecular complexity index is 323. The lowest BCUT2D eigenvalue weighted by atomic mass is 10.1. The van der Waals surface area contributed by atoms with E-state index in [0.717, 1.165) is 18.1 Å². The van der Waals surface area contributed by atoms with Crippen molar-refractivity contribution in [3.63, 3.8) is 0 Å². The number of hydrogen-bond acceptors (Lipinski definition) is 2. The second kappa shape index (κ2) is 11.8. The Labute approximate surface area is 124 Å². The first-order valence-corrected chi connectivity index (χ1v) is 8.54. The van der Waals surface area contributed by atoms with Gasteiger partial charge in [-0.3, -0.25) is 0 Å². The van der Waals surface area contributed by atoms with Gasteiger partial charge in [0.25, 0.3) is 0 Å². The SMILES string of the molecule is CCCCCCCCCCCCc1nc(OCC)c[nH]1. The van der Waals surface area contributed by atoms with Gasteiger partial charge in [-0.2, -0.15) is 4.98 Å². The van der Waals surface area contributed by atoms with E-state index in [9.17, 15) is 0 Å². The molecular formula is C17H32N2O. The summed E-state index contributed by atoms with van der Waals surface area (Å²) in [4.78, 5) is 7.58. The Morgan fingerprint density at radius 2 is 1.50 bits per heavy atom. The predicted octanol–water partition coefficient (Wildman–Crippen LogP) is 5.27. The number of ether oxygens (including phenoxy) is 1. The molecule has 0 saturated heterocycles. The summed E-state index contributed by atoms with van der Waals surface area (Å²) in [5.74, 6) is 1.79. The molecule has 0 aliphatic carbocycles. The lowest BCUT2D eigenvalue weighted by Crippen LogP contribution is -1.92. The molecule has 1 aromatic heterocycles. The van der Waals surface area contributed by atoms with E-state index in [-0.39, 0.29) is 0 Å². The van der Waals surface area contributed by atoms with E-state index in [4.69, 9.17) is 4.74 Å². The van der Waals surface area contributed by atoms with Crippen molar-refractivity contribution in [2.75, 3.05) is 6.61 Å². The van der Waals surface area contributed by atoms with Crippen LogP contribution in [-0.2, 0) is 6.42 Å². The van der Waals surface area contributed by atoms with E-state index in [1.54, 1.807) is 0 Å². The summed E-state index contributed by atoms with van der Waals surface area (Å²) in [6.45, 7) is 4.94.